The summed E-state index contributed by atoms with van der Waals surface area (Å²) in [5, 5.41) is 0. The standard InChI is InChI=1S/C16H20N2OS2/c19-15(18-10-6-2-1-3-7-11-18)12-20-16-17-13-8-4-5-9-14(13)21-16/h4-5,8-9H,1-3,6-7,10-12H2. The Morgan fingerprint density at radius 2 is 1.86 bits per heavy atom. The van der Waals surface area contributed by atoms with Crippen molar-refractivity contribution in [1.82, 2.24) is 9.88 Å². The smallest absolute Gasteiger partial charge is 0.233 e. The molecule has 1 aromatic heterocycles. The number of likely N-dealkylation sites (tertiary alicyclic amines) is 1. The van der Waals surface area contributed by atoms with Gasteiger partial charge in [0.25, 0.3) is 0 Å². The fraction of sp³-hybridized carbons (Fsp3) is 0.500. The molecule has 0 spiro atoms. The van der Waals surface area contributed by atoms with Crippen LogP contribution in [0.4, 0.5) is 0 Å². The lowest BCUT2D eigenvalue weighted by molar-refractivity contribution is -0.128. The Hall–Kier alpha value is -1.07. The van der Waals surface area contributed by atoms with Gasteiger partial charge in [-0.2, -0.15) is 0 Å². The molecule has 1 amide bonds. The molecule has 0 aliphatic carbocycles. The van der Waals surface area contributed by atoms with Crippen LogP contribution in [0.1, 0.15) is 32.1 Å². The van der Waals surface area contributed by atoms with Crippen LogP contribution in [0.5, 0.6) is 0 Å². The number of fused-ring (bicyclic) bond motifs is 1. The summed E-state index contributed by atoms with van der Waals surface area (Å²) in [7, 11) is 0. The molecule has 2 heterocycles. The van der Waals surface area contributed by atoms with Crippen LogP contribution in [0.3, 0.4) is 0 Å². The van der Waals surface area contributed by atoms with E-state index in [2.05, 4.69) is 11.1 Å². The molecule has 0 N–H and O–H groups in total. The van der Waals surface area contributed by atoms with Crippen molar-refractivity contribution in [1.29, 1.82) is 0 Å². The Kier molecular flexibility index (Phi) is 5.14. The van der Waals surface area contributed by atoms with Gasteiger partial charge in [-0.25, -0.2) is 4.98 Å². The van der Waals surface area contributed by atoms with E-state index in [0.29, 0.717) is 5.75 Å². The molecule has 21 heavy (non-hydrogen) atoms. The highest BCUT2D eigenvalue weighted by Gasteiger charge is 2.15. The molecular weight excluding hydrogens is 300 g/mol. The van der Waals surface area contributed by atoms with Crippen LogP contribution in [0, 0.1) is 0 Å². The van der Waals surface area contributed by atoms with Gasteiger partial charge in [0.2, 0.25) is 5.91 Å². The topological polar surface area (TPSA) is 33.2 Å². The SMILES string of the molecule is O=C(CSc1nc2ccccc2s1)N1CCCCCCC1. The van der Waals surface area contributed by atoms with Crippen LogP contribution in [-0.2, 0) is 4.79 Å². The number of para-hydroxylation sites is 1. The van der Waals surface area contributed by atoms with E-state index in [0.717, 1.165) is 35.8 Å². The van der Waals surface area contributed by atoms with Gasteiger partial charge in [-0.3, -0.25) is 4.79 Å². The molecule has 0 bridgehead atoms. The molecule has 5 heteroatoms. The maximum Gasteiger partial charge on any atom is 0.233 e. The van der Waals surface area contributed by atoms with Gasteiger partial charge in [-0.15, -0.1) is 11.3 Å². The van der Waals surface area contributed by atoms with Crippen molar-refractivity contribution in [2.45, 2.75) is 36.4 Å². The van der Waals surface area contributed by atoms with Crippen molar-refractivity contribution in [2.75, 3.05) is 18.8 Å². The summed E-state index contributed by atoms with van der Waals surface area (Å²) in [4.78, 5) is 18.9. The molecule has 0 radical (unpaired) electrons. The molecule has 3 rings (SSSR count). The van der Waals surface area contributed by atoms with Gasteiger partial charge in [0.1, 0.15) is 0 Å². The number of rotatable bonds is 3. The summed E-state index contributed by atoms with van der Waals surface area (Å²) in [6.07, 6.45) is 6.14. The van der Waals surface area contributed by atoms with Crippen molar-refractivity contribution in [3.63, 3.8) is 0 Å². The first-order valence-corrected chi connectivity index (χ1v) is 9.39. The van der Waals surface area contributed by atoms with Crippen LogP contribution in [-0.4, -0.2) is 34.6 Å². The van der Waals surface area contributed by atoms with Crippen LogP contribution in [0.15, 0.2) is 28.6 Å². The fourth-order valence-electron chi connectivity index (χ4n) is 2.62. The third-order valence-corrected chi connectivity index (χ3v) is 5.97. The van der Waals surface area contributed by atoms with Gasteiger partial charge in [-0.1, -0.05) is 43.2 Å². The highest BCUT2D eigenvalue weighted by atomic mass is 32.2. The number of carbonyl (C=O) groups is 1. The second-order valence-corrected chi connectivity index (χ2v) is 7.64. The van der Waals surface area contributed by atoms with Gasteiger partial charge in [-0.05, 0) is 25.0 Å². The summed E-state index contributed by atoms with van der Waals surface area (Å²) >= 11 is 3.25. The first kappa shape index (κ1) is 14.9. The Morgan fingerprint density at radius 3 is 2.62 bits per heavy atom. The molecule has 0 atom stereocenters. The highest BCUT2D eigenvalue weighted by Crippen LogP contribution is 2.29. The van der Waals surface area contributed by atoms with E-state index in [1.165, 1.54) is 24.0 Å². The van der Waals surface area contributed by atoms with E-state index in [1.807, 2.05) is 23.1 Å². The number of benzene rings is 1. The van der Waals surface area contributed by atoms with Gasteiger partial charge in [0, 0.05) is 13.1 Å². The Labute approximate surface area is 133 Å². The quantitative estimate of drug-likeness (QED) is 0.795. The molecule has 112 valence electrons. The summed E-state index contributed by atoms with van der Waals surface area (Å²) in [6.45, 7) is 1.86. The van der Waals surface area contributed by atoms with Crippen molar-refractivity contribution in [3.8, 4) is 0 Å². The minimum Gasteiger partial charge on any atom is -0.342 e. The van der Waals surface area contributed by atoms with Gasteiger partial charge in [0.15, 0.2) is 4.34 Å². The Morgan fingerprint density at radius 1 is 1.14 bits per heavy atom. The second-order valence-electron chi connectivity index (χ2n) is 5.38. The maximum atomic E-state index is 12.3. The van der Waals surface area contributed by atoms with E-state index in [9.17, 15) is 4.79 Å². The van der Waals surface area contributed by atoms with E-state index in [4.69, 9.17) is 0 Å². The predicted molar refractivity (Wildman–Crippen MR) is 90.0 cm³/mol. The zero-order chi connectivity index (χ0) is 14.5. The van der Waals surface area contributed by atoms with Gasteiger partial charge in [0.05, 0.1) is 16.0 Å². The van der Waals surface area contributed by atoms with Gasteiger partial charge >= 0.3 is 0 Å². The molecule has 1 aliphatic rings. The van der Waals surface area contributed by atoms with Crippen LogP contribution >= 0.6 is 23.1 Å². The minimum absolute atomic E-state index is 0.265. The second kappa shape index (κ2) is 7.27. The lowest BCUT2D eigenvalue weighted by atomic mass is 10.1. The first-order valence-electron chi connectivity index (χ1n) is 7.59. The molecule has 1 saturated heterocycles. The largest absolute Gasteiger partial charge is 0.342 e. The normalized spacial score (nSPS) is 16.7. The molecule has 1 aromatic carbocycles. The van der Waals surface area contributed by atoms with Crippen LogP contribution in [0.2, 0.25) is 0 Å². The monoisotopic (exact) mass is 320 g/mol. The summed E-state index contributed by atoms with van der Waals surface area (Å²) in [5.74, 6) is 0.779. The third-order valence-electron chi connectivity index (χ3n) is 3.80. The van der Waals surface area contributed by atoms with Crippen molar-refractivity contribution in [2.24, 2.45) is 0 Å². The number of nitrogens with zero attached hydrogens (tertiary/aromatic N) is 2. The summed E-state index contributed by atoms with van der Waals surface area (Å²) < 4.78 is 2.19. The number of thioether (sulfide) groups is 1. The van der Waals surface area contributed by atoms with E-state index in [-0.39, 0.29) is 5.91 Å². The lowest BCUT2D eigenvalue weighted by Crippen LogP contribution is -2.35. The van der Waals surface area contributed by atoms with E-state index < -0.39 is 0 Å². The average molecular weight is 320 g/mol. The molecule has 1 aliphatic heterocycles. The zero-order valence-corrected chi connectivity index (χ0v) is 13.7. The van der Waals surface area contributed by atoms with Crippen molar-refractivity contribution in [3.05, 3.63) is 24.3 Å². The Bertz CT molecular complexity index is 570. The molecule has 2 aromatic rings. The summed E-state index contributed by atoms with van der Waals surface area (Å²) in [6, 6.07) is 8.13. The van der Waals surface area contributed by atoms with E-state index in [1.54, 1.807) is 23.1 Å². The maximum absolute atomic E-state index is 12.3. The number of aromatic nitrogens is 1. The number of carbonyl (C=O) groups excluding carboxylic acids is 1. The highest BCUT2D eigenvalue weighted by molar-refractivity contribution is 8.01. The van der Waals surface area contributed by atoms with Crippen molar-refractivity contribution >= 4 is 39.2 Å². The third kappa shape index (κ3) is 3.98. The minimum atomic E-state index is 0.265. The van der Waals surface area contributed by atoms with Crippen LogP contribution < -0.4 is 0 Å². The Balaban J connectivity index is 1.56. The number of hydrogen-bond acceptors (Lipinski definition) is 4. The zero-order valence-electron chi connectivity index (χ0n) is 12.1. The predicted octanol–water partition coefficient (Wildman–Crippen LogP) is 4.18. The molecule has 0 unspecified atom stereocenters. The first-order chi connectivity index (χ1) is 10.3. The van der Waals surface area contributed by atoms with Crippen molar-refractivity contribution < 1.29 is 4.79 Å². The molecular formula is C16H20N2OS2. The number of hydrogen-bond donors (Lipinski definition) is 0. The average Bonchev–Trinajstić information content (AvgIpc) is 2.87. The number of amides is 1. The molecule has 1 fully saturated rings. The van der Waals surface area contributed by atoms with Gasteiger partial charge < -0.3 is 4.90 Å². The number of thiazole rings is 1. The fourth-order valence-corrected chi connectivity index (χ4v) is 4.60. The molecule has 0 saturated carbocycles. The van der Waals surface area contributed by atoms with Crippen LogP contribution in [0.25, 0.3) is 10.2 Å². The lowest BCUT2D eigenvalue weighted by Gasteiger charge is -2.24. The summed E-state index contributed by atoms with van der Waals surface area (Å²) in [5.41, 5.74) is 1.03. The van der Waals surface area contributed by atoms with E-state index >= 15 is 0 Å². The molecule has 3 nitrogen and oxygen atoms in total.